The fourth-order valence-corrected chi connectivity index (χ4v) is 3.70. The molecule has 0 saturated carbocycles. The van der Waals surface area contributed by atoms with Crippen molar-refractivity contribution in [3.63, 3.8) is 0 Å². The smallest absolute Gasteiger partial charge is 0.115 e. The highest BCUT2D eigenvalue weighted by atomic mass is 79.9. The number of aromatic nitrogens is 1. The third kappa shape index (κ3) is 4.32. The highest BCUT2D eigenvalue weighted by Gasteiger charge is 2.08. The number of pyridine rings is 1. The number of nitrogens with two attached hydrogens (primary N) is 1. The van der Waals surface area contributed by atoms with Crippen molar-refractivity contribution in [1.29, 1.82) is 0 Å². The second kappa shape index (κ2) is 7.59. The maximum Gasteiger partial charge on any atom is 0.115 e. The van der Waals surface area contributed by atoms with E-state index in [9.17, 15) is 0 Å². The van der Waals surface area contributed by atoms with Gasteiger partial charge in [-0.15, -0.1) is 0 Å². The van der Waals surface area contributed by atoms with Gasteiger partial charge < -0.3 is 5.73 Å². The van der Waals surface area contributed by atoms with Crippen LogP contribution in [0.2, 0.25) is 0 Å². The van der Waals surface area contributed by atoms with Crippen molar-refractivity contribution in [2.45, 2.75) is 35.7 Å². The summed E-state index contributed by atoms with van der Waals surface area (Å²) in [5.74, 6) is 0. The first-order valence-corrected chi connectivity index (χ1v) is 8.82. The molecule has 2 nitrogen and oxygen atoms in total. The topological polar surface area (TPSA) is 38.9 Å². The Labute approximate surface area is 140 Å². The lowest BCUT2D eigenvalue weighted by molar-refractivity contribution is 0.646. The first-order chi connectivity index (χ1) is 9.60. The second-order valence-electron chi connectivity index (χ2n) is 4.53. The van der Waals surface area contributed by atoms with Crippen molar-refractivity contribution in [2.75, 3.05) is 0 Å². The normalized spacial score (nSPS) is 12.4. The summed E-state index contributed by atoms with van der Waals surface area (Å²) in [7, 11) is 0. The summed E-state index contributed by atoms with van der Waals surface area (Å²) in [6.07, 6.45) is 3.71. The molecule has 1 aromatic carbocycles. The van der Waals surface area contributed by atoms with Gasteiger partial charge in [0.05, 0.1) is 4.47 Å². The number of benzene rings is 1. The van der Waals surface area contributed by atoms with Gasteiger partial charge in [0.2, 0.25) is 0 Å². The lowest BCUT2D eigenvalue weighted by atomic mass is 10.1. The first-order valence-electron chi connectivity index (χ1n) is 6.42. The number of nitrogens with zero attached hydrogens (tertiary/aromatic N) is 1. The van der Waals surface area contributed by atoms with Crippen LogP contribution >= 0.6 is 43.6 Å². The maximum atomic E-state index is 6.00. The van der Waals surface area contributed by atoms with Crippen LogP contribution in [0.15, 0.2) is 55.4 Å². The Morgan fingerprint density at radius 1 is 1.25 bits per heavy atom. The summed E-state index contributed by atoms with van der Waals surface area (Å²) < 4.78 is 2.09. The monoisotopic (exact) mass is 414 g/mol. The SMILES string of the molecule is CCC(N)Cc1ccc(Sc2ncccc2Br)c(Br)c1. The lowest BCUT2D eigenvalue weighted by Crippen LogP contribution is -2.21. The van der Waals surface area contributed by atoms with Gasteiger partial charge in [-0.05, 0) is 74.5 Å². The van der Waals surface area contributed by atoms with Gasteiger partial charge in [0.1, 0.15) is 5.03 Å². The molecular formula is C15H16Br2N2S. The first kappa shape index (κ1) is 16.0. The molecule has 1 heterocycles. The molecule has 0 saturated heterocycles. The average Bonchev–Trinajstić information content (AvgIpc) is 2.44. The van der Waals surface area contributed by atoms with E-state index in [2.05, 4.69) is 62.0 Å². The molecule has 0 bridgehead atoms. The van der Waals surface area contributed by atoms with E-state index >= 15 is 0 Å². The van der Waals surface area contributed by atoms with Gasteiger partial charge in [-0.25, -0.2) is 4.98 Å². The Hall–Kier alpha value is -0.360. The lowest BCUT2D eigenvalue weighted by Gasteiger charge is -2.11. The Kier molecular flexibility index (Phi) is 6.08. The van der Waals surface area contributed by atoms with E-state index in [0.29, 0.717) is 0 Å². The van der Waals surface area contributed by atoms with Crippen molar-refractivity contribution in [1.82, 2.24) is 4.98 Å². The van der Waals surface area contributed by atoms with E-state index in [0.717, 1.165) is 31.7 Å². The second-order valence-corrected chi connectivity index (χ2v) is 7.27. The largest absolute Gasteiger partial charge is 0.327 e. The third-order valence-electron chi connectivity index (χ3n) is 2.95. The van der Waals surface area contributed by atoms with Gasteiger partial charge in [-0.1, -0.05) is 24.8 Å². The molecule has 5 heteroatoms. The minimum absolute atomic E-state index is 0.227. The molecule has 2 N–H and O–H groups in total. The zero-order valence-electron chi connectivity index (χ0n) is 11.1. The summed E-state index contributed by atoms with van der Waals surface area (Å²) >= 11 is 8.79. The molecule has 2 rings (SSSR count). The fourth-order valence-electron chi connectivity index (χ4n) is 1.75. The van der Waals surface area contributed by atoms with Crippen molar-refractivity contribution >= 4 is 43.6 Å². The summed E-state index contributed by atoms with van der Waals surface area (Å²) in [4.78, 5) is 5.53. The van der Waals surface area contributed by atoms with Crippen molar-refractivity contribution in [3.05, 3.63) is 51.0 Å². The van der Waals surface area contributed by atoms with Crippen LogP contribution in [-0.4, -0.2) is 11.0 Å². The molecule has 0 amide bonds. The molecule has 1 unspecified atom stereocenters. The molecule has 1 atom stereocenters. The summed E-state index contributed by atoms with van der Waals surface area (Å²) in [6.45, 7) is 2.11. The van der Waals surface area contributed by atoms with Crippen LogP contribution in [0.5, 0.6) is 0 Å². The van der Waals surface area contributed by atoms with Gasteiger partial charge in [-0.2, -0.15) is 0 Å². The minimum atomic E-state index is 0.227. The molecule has 0 aliphatic carbocycles. The van der Waals surface area contributed by atoms with Crippen LogP contribution < -0.4 is 5.73 Å². The van der Waals surface area contributed by atoms with E-state index in [1.54, 1.807) is 18.0 Å². The molecule has 0 aliphatic rings. The molecule has 0 spiro atoms. The van der Waals surface area contributed by atoms with Gasteiger partial charge in [0.15, 0.2) is 0 Å². The molecule has 2 aromatic rings. The van der Waals surface area contributed by atoms with Crippen LogP contribution in [0.1, 0.15) is 18.9 Å². The molecule has 1 aromatic heterocycles. The Bertz CT molecular complexity index is 590. The third-order valence-corrected chi connectivity index (χ3v) is 5.87. The predicted molar refractivity (Wildman–Crippen MR) is 92.2 cm³/mol. The Balaban J connectivity index is 2.16. The molecular weight excluding hydrogens is 400 g/mol. The minimum Gasteiger partial charge on any atom is -0.327 e. The van der Waals surface area contributed by atoms with Crippen molar-refractivity contribution in [2.24, 2.45) is 5.73 Å². The van der Waals surface area contributed by atoms with Gasteiger partial charge in [0.25, 0.3) is 0 Å². The van der Waals surface area contributed by atoms with Crippen molar-refractivity contribution < 1.29 is 0 Å². The van der Waals surface area contributed by atoms with Crippen LogP contribution in [-0.2, 0) is 6.42 Å². The standard InChI is InChI=1S/C15H16Br2N2S/c1-2-11(18)8-10-5-6-14(13(17)9-10)20-15-12(16)4-3-7-19-15/h3-7,9,11H,2,8,18H2,1H3. The molecule has 0 aliphatic heterocycles. The molecule has 0 radical (unpaired) electrons. The number of hydrogen-bond acceptors (Lipinski definition) is 3. The molecule has 106 valence electrons. The average molecular weight is 416 g/mol. The Morgan fingerprint density at radius 3 is 2.70 bits per heavy atom. The van der Waals surface area contributed by atoms with Crippen molar-refractivity contribution in [3.8, 4) is 0 Å². The zero-order valence-corrected chi connectivity index (χ0v) is 15.1. The van der Waals surface area contributed by atoms with Crippen LogP contribution in [0.4, 0.5) is 0 Å². The maximum absolute atomic E-state index is 6.00. The Morgan fingerprint density at radius 2 is 2.05 bits per heavy atom. The molecule has 0 fully saturated rings. The summed E-state index contributed by atoms with van der Waals surface area (Å²) in [5.41, 5.74) is 7.26. The van der Waals surface area contributed by atoms with E-state index in [-0.39, 0.29) is 6.04 Å². The van der Waals surface area contributed by atoms with Gasteiger partial charge in [0, 0.05) is 21.6 Å². The highest BCUT2D eigenvalue weighted by Crippen LogP contribution is 2.36. The highest BCUT2D eigenvalue weighted by molar-refractivity contribution is 9.11. The molecule has 20 heavy (non-hydrogen) atoms. The van der Waals surface area contributed by atoms with E-state index < -0.39 is 0 Å². The fraction of sp³-hybridized carbons (Fsp3) is 0.267. The number of rotatable bonds is 5. The van der Waals surface area contributed by atoms with Gasteiger partial charge >= 0.3 is 0 Å². The van der Waals surface area contributed by atoms with Crippen LogP contribution in [0, 0.1) is 0 Å². The van der Waals surface area contributed by atoms with Gasteiger partial charge in [-0.3, -0.25) is 0 Å². The zero-order chi connectivity index (χ0) is 14.5. The van der Waals surface area contributed by atoms with Crippen LogP contribution in [0.3, 0.4) is 0 Å². The van der Waals surface area contributed by atoms with E-state index in [1.165, 1.54) is 5.56 Å². The summed E-state index contributed by atoms with van der Waals surface area (Å²) in [5, 5.41) is 0.964. The predicted octanol–water partition coefficient (Wildman–Crippen LogP) is 5.04. The number of halogens is 2. The summed E-state index contributed by atoms with van der Waals surface area (Å²) in [6, 6.07) is 10.5. The van der Waals surface area contributed by atoms with E-state index in [1.807, 2.05) is 12.1 Å². The quantitative estimate of drug-likeness (QED) is 0.743. The van der Waals surface area contributed by atoms with Crippen LogP contribution in [0.25, 0.3) is 0 Å². The number of hydrogen-bond donors (Lipinski definition) is 1. The van der Waals surface area contributed by atoms with E-state index in [4.69, 9.17) is 5.73 Å².